The smallest absolute Gasteiger partial charge is 0.352 e. The number of rotatable bonds is 11. The van der Waals surface area contributed by atoms with Crippen molar-refractivity contribution in [3.05, 3.63) is 11.3 Å². The number of carboxylic acid groups (broad SMARTS) is 2. The van der Waals surface area contributed by atoms with Crippen LogP contribution in [0.4, 0.5) is 0 Å². The molecule has 0 radical (unpaired) electrons. The van der Waals surface area contributed by atoms with E-state index in [2.05, 4.69) is 46.5 Å². The number of aromatic nitrogens is 4. The summed E-state index contributed by atoms with van der Waals surface area (Å²) in [7, 11) is 0. The lowest BCUT2D eigenvalue weighted by Crippen LogP contribution is -2.72. The van der Waals surface area contributed by atoms with Gasteiger partial charge in [-0.25, -0.2) is 24.0 Å². The summed E-state index contributed by atoms with van der Waals surface area (Å²) in [6, 6.07) is -1.11. The van der Waals surface area contributed by atoms with Crippen molar-refractivity contribution in [2.45, 2.75) is 28.9 Å². The molecule has 0 bridgehead atoms. The van der Waals surface area contributed by atoms with Crippen LogP contribution in [-0.4, -0.2) is 106 Å². The highest BCUT2D eigenvalue weighted by Gasteiger charge is 2.55. The zero-order valence-corrected chi connectivity index (χ0v) is 21.5. The van der Waals surface area contributed by atoms with Crippen molar-refractivity contribution in [2.75, 3.05) is 18.1 Å². The highest BCUT2D eigenvalue weighted by Crippen LogP contribution is 2.41. The Labute approximate surface area is 226 Å². The summed E-state index contributed by atoms with van der Waals surface area (Å²) in [5, 5.41) is 35.5. The molecule has 17 nitrogen and oxygen atoms in total. The molecule has 0 spiro atoms. The van der Waals surface area contributed by atoms with Crippen LogP contribution >= 0.6 is 35.5 Å². The molecule has 4 heterocycles. The van der Waals surface area contributed by atoms with Crippen LogP contribution in [0, 0.1) is 12.3 Å². The molecule has 1 aromatic heterocycles. The molecule has 2 unspecified atom stereocenters. The summed E-state index contributed by atoms with van der Waals surface area (Å²) in [6.07, 6.45) is 5.29. The van der Waals surface area contributed by atoms with Crippen molar-refractivity contribution in [3.63, 3.8) is 0 Å². The quantitative estimate of drug-likeness (QED) is 0.0452. The highest BCUT2D eigenvalue weighted by atomic mass is 32.2. The van der Waals surface area contributed by atoms with Gasteiger partial charge in [-0.15, -0.1) is 23.3 Å². The predicted octanol–water partition coefficient (Wildman–Crippen LogP) is -2.51. The molecule has 3 aliphatic heterocycles. The highest BCUT2D eigenvalue weighted by molar-refractivity contribution is 8.10. The second-order valence-electron chi connectivity index (χ2n) is 7.56. The molecule has 4 rings (SSSR count). The first kappa shape index (κ1) is 27.4. The van der Waals surface area contributed by atoms with Crippen LogP contribution in [0.15, 0.2) is 26.6 Å². The van der Waals surface area contributed by atoms with Crippen LogP contribution in [0.3, 0.4) is 0 Å². The number of carbonyl (C=O) groups is 4. The van der Waals surface area contributed by atoms with Gasteiger partial charge in [0.1, 0.15) is 23.7 Å². The van der Waals surface area contributed by atoms with Crippen molar-refractivity contribution in [1.82, 2.24) is 35.1 Å². The predicted molar refractivity (Wildman–Crippen MR) is 134 cm³/mol. The van der Waals surface area contributed by atoms with Gasteiger partial charge in [-0.05, 0) is 27.9 Å². The lowest BCUT2D eigenvalue weighted by molar-refractivity contribution is -0.150. The number of terminal acetylenes is 1. The molecule has 1 fully saturated rings. The number of amides is 2. The van der Waals surface area contributed by atoms with Crippen molar-refractivity contribution in [2.24, 2.45) is 15.9 Å². The van der Waals surface area contributed by atoms with Gasteiger partial charge >= 0.3 is 11.9 Å². The van der Waals surface area contributed by atoms with Gasteiger partial charge in [0.2, 0.25) is 23.3 Å². The maximum Gasteiger partial charge on any atom is 0.352 e. The Balaban J connectivity index is 1.48. The molecule has 20 heteroatoms. The van der Waals surface area contributed by atoms with Crippen LogP contribution in [0.5, 0.6) is 0 Å². The maximum absolute atomic E-state index is 13.0. The van der Waals surface area contributed by atoms with Crippen LogP contribution in [0.25, 0.3) is 0 Å². The number of hydrogen-bond acceptors (Lipinski definition) is 15. The second-order valence-corrected chi connectivity index (χ2v) is 10.3. The van der Waals surface area contributed by atoms with Gasteiger partial charge in [0, 0.05) is 11.5 Å². The average molecular weight is 583 g/mol. The molecule has 38 heavy (non-hydrogen) atoms. The number of β-lactam (4-membered cyclic amide) rings is 1. The summed E-state index contributed by atoms with van der Waals surface area (Å²) in [6.45, 7) is -0.708. The number of aliphatic imine (C=N–C) groups is 1. The Hall–Kier alpha value is -3.64. The Morgan fingerprint density at radius 2 is 2.24 bits per heavy atom. The van der Waals surface area contributed by atoms with E-state index in [9.17, 15) is 24.3 Å². The van der Waals surface area contributed by atoms with E-state index >= 15 is 0 Å². The number of fused-ring (bicyclic) bond motifs is 1. The number of nitrogens with two attached hydrogens (primary N) is 1. The molecule has 200 valence electrons. The van der Waals surface area contributed by atoms with Gasteiger partial charge < -0.3 is 20.4 Å². The molecule has 6 N–H and O–H groups in total. The van der Waals surface area contributed by atoms with Crippen molar-refractivity contribution in [1.29, 1.82) is 0 Å². The maximum atomic E-state index is 13.0. The monoisotopic (exact) mass is 582 g/mol. The van der Waals surface area contributed by atoms with Gasteiger partial charge in [-0.1, -0.05) is 22.8 Å². The molecule has 0 saturated carbocycles. The molecular formula is C18H18N10O7S3. The molecule has 3 atom stereocenters. The van der Waals surface area contributed by atoms with E-state index in [1.165, 1.54) is 33.8 Å². The van der Waals surface area contributed by atoms with Gasteiger partial charge in [0.25, 0.3) is 11.8 Å². The normalized spacial score (nSPS) is 24.5. The topological polar surface area (TPSA) is 240 Å². The van der Waals surface area contributed by atoms with E-state index in [1.807, 2.05) is 0 Å². The number of nitrogens with zero attached hydrogens (tertiary/aromatic N) is 7. The van der Waals surface area contributed by atoms with E-state index in [-0.39, 0.29) is 23.7 Å². The third-order valence-corrected chi connectivity index (χ3v) is 8.12. The summed E-state index contributed by atoms with van der Waals surface area (Å²) in [4.78, 5) is 58.6. The Morgan fingerprint density at radius 3 is 2.89 bits per heavy atom. The summed E-state index contributed by atoms with van der Waals surface area (Å²) >= 11 is 3.38. The first-order valence-electron chi connectivity index (χ1n) is 10.4. The number of carboxylic acids is 2. The third kappa shape index (κ3) is 5.46. The summed E-state index contributed by atoms with van der Waals surface area (Å²) in [5.41, 5.74) is 7.09. The van der Waals surface area contributed by atoms with Gasteiger partial charge in [0.15, 0.2) is 0 Å². The number of nitrogens with one attached hydrogen (secondary N) is 2. The van der Waals surface area contributed by atoms with E-state index in [1.54, 1.807) is 0 Å². The average Bonchev–Trinajstić information content (AvgIpc) is 3.52. The number of thioether (sulfide) groups is 2. The molecule has 0 aromatic carbocycles. The number of oxime groups is 1. The molecule has 3 aliphatic rings. The van der Waals surface area contributed by atoms with Gasteiger partial charge in [-0.3, -0.25) is 20.2 Å². The van der Waals surface area contributed by atoms with E-state index < -0.39 is 53.3 Å². The zero-order chi connectivity index (χ0) is 27.4. The molecular weight excluding hydrogens is 564 g/mol. The van der Waals surface area contributed by atoms with Crippen LogP contribution < -0.4 is 15.8 Å². The van der Waals surface area contributed by atoms with Gasteiger partial charge in [0.05, 0.1) is 5.55 Å². The lowest BCUT2D eigenvalue weighted by Gasteiger charge is -2.49. The van der Waals surface area contributed by atoms with E-state index in [0.29, 0.717) is 10.7 Å². The molecule has 0 aliphatic carbocycles. The minimum atomic E-state index is -1.84. The fourth-order valence-electron chi connectivity index (χ4n) is 3.44. The lowest BCUT2D eigenvalue weighted by atomic mass is 10.0. The second kappa shape index (κ2) is 11.4. The fraction of sp³-hybridized carbons (Fsp3) is 0.389. The molecule has 2 amide bonds. The Morgan fingerprint density at radius 1 is 1.45 bits per heavy atom. The minimum absolute atomic E-state index is 0.138. The molecule has 1 saturated heterocycles. The SMILES string of the molecule is C#CCn1nnnc1SCC1=C(C(=O)O)N2C(=O)C(NC(=O)C(=NOCC(=O)O)C3(N)N=CSN3)[C@H]2SC1. The number of carbonyl (C=O) groups excluding carboxylic acids is 2. The van der Waals surface area contributed by atoms with Gasteiger partial charge in [-0.2, -0.15) is 0 Å². The van der Waals surface area contributed by atoms with Crippen LogP contribution in [0.2, 0.25) is 0 Å². The fourth-order valence-corrected chi connectivity index (χ4v) is 6.40. The number of aliphatic carboxylic acids is 2. The third-order valence-electron chi connectivity index (χ3n) is 5.10. The van der Waals surface area contributed by atoms with Crippen molar-refractivity contribution < 1.29 is 34.2 Å². The largest absolute Gasteiger partial charge is 0.479 e. The van der Waals surface area contributed by atoms with Crippen molar-refractivity contribution in [3.8, 4) is 12.3 Å². The summed E-state index contributed by atoms with van der Waals surface area (Å²) in [5.74, 6) is -3.26. The Kier molecular flexibility index (Phi) is 8.22. The first-order valence-corrected chi connectivity index (χ1v) is 13.3. The number of tetrazole rings is 1. The standard InChI is InChI=1S/C18H18N10O7S3/c1-2-3-27-17(22-25-26-27)37-6-8-5-36-15-10(14(32)28(15)11(8)16(33)34)21-13(31)12(23-35-4-9(29)30)18(19)20-7-38-24-18/h1,7,10,15,24H,3-6,19H2,(H,21,31)(H,29,30)(H,33,34)/t10?,15-,18?/m1/s1. The van der Waals surface area contributed by atoms with Crippen LogP contribution in [0.1, 0.15) is 0 Å². The first-order chi connectivity index (χ1) is 18.2. The zero-order valence-electron chi connectivity index (χ0n) is 19.0. The van der Waals surface area contributed by atoms with E-state index in [4.69, 9.17) is 17.3 Å². The van der Waals surface area contributed by atoms with Crippen LogP contribution in [-0.2, 0) is 30.6 Å². The molecule has 1 aromatic rings. The number of hydrogen-bond donors (Lipinski definition) is 5. The summed E-state index contributed by atoms with van der Waals surface area (Å²) < 4.78 is 4.02. The van der Waals surface area contributed by atoms with E-state index in [0.717, 1.165) is 16.8 Å². The minimum Gasteiger partial charge on any atom is -0.479 e. The van der Waals surface area contributed by atoms with Crippen molar-refractivity contribution >= 4 is 70.5 Å². The Bertz CT molecular complexity index is 1310.